The van der Waals surface area contributed by atoms with Crippen molar-refractivity contribution in [2.45, 2.75) is 52.5 Å². The molecule has 0 spiro atoms. The highest BCUT2D eigenvalue weighted by Gasteiger charge is 2.38. The first-order chi connectivity index (χ1) is 10.5. The van der Waals surface area contributed by atoms with E-state index in [4.69, 9.17) is 0 Å². The van der Waals surface area contributed by atoms with Gasteiger partial charge in [-0.25, -0.2) is 0 Å². The molecule has 0 aromatic carbocycles. The molecule has 0 aromatic heterocycles. The van der Waals surface area contributed by atoms with Crippen molar-refractivity contribution in [3.05, 3.63) is 0 Å². The van der Waals surface area contributed by atoms with Gasteiger partial charge in [-0.1, -0.05) is 20.8 Å². The van der Waals surface area contributed by atoms with Gasteiger partial charge in [0.05, 0.1) is 0 Å². The van der Waals surface area contributed by atoms with E-state index >= 15 is 0 Å². The van der Waals surface area contributed by atoms with Gasteiger partial charge < -0.3 is 15.1 Å². The minimum absolute atomic E-state index is 0.147. The van der Waals surface area contributed by atoms with Gasteiger partial charge in [0.1, 0.15) is 6.04 Å². The normalized spacial score (nSPS) is 21.7. The second-order valence-electron chi connectivity index (χ2n) is 6.96. The lowest BCUT2D eigenvalue weighted by Crippen LogP contribution is -2.53. The van der Waals surface area contributed by atoms with E-state index in [9.17, 15) is 9.59 Å². The van der Waals surface area contributed by atoms with Gasteiger partial charge in [-0.2, -0.15) is 0 Å². The molecule has 2 aliphatic heterocycles. The molecule has 2 fully saturated rings. The van der Waals surface area contributed by atoms with E-state index in [1.54, 1.807) is 0 Å². The first-order valence-electron chi connectivity index (χ1n) is 8.83. The number of carbonyl (C=O) groups is 2. The second-order valence-corrected chi connectivity index (χ2v) is 6.96. The number of rotatable bonds is 6. The van der Waals surface area contributed by atoms with Crippen LogP contribution < -0.4 is 5.32 Å². The number of carbonyl (C=O) groups excluding carboxylic acids is 2. The Balaban J connectivity index is 1.93. The van der Waals surface area contributed by atoms with Crippen LogP contribution in [-0.2, 0) is 9.59 Å². The van der Waals surface area contributed by atoms with E-state index in [-0.39, 0.29) is 23.8 Å². The van der Waals surface area contributed by atoms with Gasteiger partial charge in [0.25, 0.3) is 0 Å². The molecular weight excluding hydrogens is 278 g/mol. The standard InChI is InChI=1S/C17H31N3O2/c1-4-18-12-14-7-10-19(11-8-14)17(22)16(13(2)3)20-9-5-6-15(20)21/h13-14,16,18H,4-12H2,1-3H3. The maximum absolute atomic E-state index is 12.9. The lowest BCUT2D eigenvalue weighted by atomic mass is 9.94. The summed E-state index contributed by atoms with van der Waals surface area (Å²) in [6.07, 6.45) is 3.62. The van der Waals surface area contributed by atoms with Crippen molar-refractivity contribution in [1.82, 2.24) is 15.1 Å². The minimum Gasteiger partial charge on any atom is -0.341 e. The molecule has 1 atom stereocenters. The van der Waals surface area contributed by atoms with Gasteiger partial charge in [0.2, 0.25) is 11.8 Å². The van der Waals surface area contributed by atoms with E-state index in [1.807, 2.05) is 23.6 Å². The lowest BCUT2D eigenvalue weighted by molar-refractivity contribution is -0.146. The van der Waals surface area contributed by atoms with E-state index in [1.165, 1.54) is 0 Å². The molecule has 22 heavy (non-hydrogen) atoms. The van der Waals surface area contributed by atoms with Crippen molar-refractivity contribution in [2.75, 3.05) is 32.7 Å². The molecule has 0 radical (unpaired) electrons. The molecule has 2 amide bonds. The van der Waals surface area contributed by atoms with Crippen LogP contribution in [0.1, 0.15) is 46.5 Å². The van der Waals surface area contributed by atoms with E-state index in [2.05, 4.69) is 12.2 Å². The summed E-state index contributed by atoms with van der Waals surface area (Å²) >= 11 is 0. The zero-order chi connectivity index (χ0) is 16.1. The monoisotopic (exact) mass is 309 g/mol. The zero-order valence-electron chi connectivity index (χ0n) is 14.3. The summed E-state index contributed by atoms with van der Waals surface area (Å²) in [5.41, 5.74) is 0. The van der Waals surface area contributed by atoms with Crippen molar-refractivity contribution >= 4 is 11.8 Å². The Morgan fingerprint density at radius 3 is 2.45 bits per heavy atom. The SMILES string of the molecule is CCNCC1CCN(C(=O)C(C(C)C)N2CCCC2=O)CC1. The van der Waals surface area contributed by atoms with Crippen LogP contribution in [0.15, 0.2) is 0 Å². The predicted octanol–water partition coefficient (Wildman–Crippen LogP) is 1.48. The number of hydrogen-bond donors (Lipinski definition) is 1. The van der Waals surface area contributed by atoms with Crippen LogP contribution >= 0.6 is 0 Å². The number of hydrogen-bond acceptors (Lipinski definition) is 3. The molecule has 2 aliphatic rings. The molecule has 126 valence electrons. The molecule has 0 aliphatic carbocycles. The summed E-state index contributed by atoms with van der Waals surface area (Å²) in [4.78, 5) is 28.7. The van der Waals surface area contributed by atoms with Crippen molar-refractivity contribution in [1.29, 1.82) is 0 Å². The third kappa shape index (κ3) is 4.00. The molecule has 1 unspecified atom stereocenters. The molecule has 0 bridgehead atoms. The van der Waals surface area contributed by atoms with Crippen LogP contribution in [0.3, 0.4) is 0 Å². The van der Waals surface area contributed by atoms with Crippen molar-refractivity contribution in [2.24, 2.45) is 11.8 Å². The van der Waals surface area contributed by atoms with Crippen molar-refractivity contribution in [3.63, 3.8) is 0 Å². The Morgan fingerprint density at radius 2 is 1.95 bits per heavy atom. The highest BCUT2D eigenvalue weighted by Crippen LogP contribution is 2.24. The Morgan fingerprint density at radius 1 is 1.27 bits per heavy atom. The number of nitrogens with one attached hydrogen (secondary N) is 1. The molecule has 5 heteroatoms. The fourth-order valence-electron chi connectivity index (χ4n) is 3.63. The first kappa shape index (κ1) is 17.3. The smallest absolute Gasteiger partial charge is 0.245 e. The fourth-order valence-corrected chi connectivity index (χ4v) is 3.63. The molecule has 1 N–H and O–H groups in total. The number of likely N-dealkylation sites (tertiary alicyclic amines) is 2. The third-order valence-corrected chi connectivity index (χ3v) is 4.94. The Labute approximate surface area is 134 Å². The molecule has 2 rings (SSSR count). The average molecular weight is 309 g/mol. The third-order valence-electron chi connectivity index (χ3n) is 4.94. The van der Waals surface area contributed by atoms with Crippen LogP contribution in [0.2, 0.25) is 0 Å². The summed E-state index contributed by atoms with van der Waals surface area (Å²) in [5.74, 6) is 1.16. The predicted molar refractivity (Wildman–Crippen MR) is 87.4 cm³/mol. The van der Waals surface area contributed by atoms with Gasteiger partial charge in [-0.15, -0.1) is 0 Å². The maximum Gasteiger partial charge on any atom is 0.245 e. The Hall–Kier alpha value is -1.10. The Kier molecular flexibility index (Phi) is 6.24. The van der Waals surface area contributed by atoms with Crippen LogP contribution in [0, 0.1) is 11.8 Å². The van der Waals surface area contributed by atoms with Gasteiger partial charge in [0.15, 0.2) is 0 Å². The van der Waals surface area contributed by atoms with Gasteiger partial charge in [0, 0.05) is 26.1 Å². The average Bonchev–Trinajstić information content (AvgIpc) is 2.91. The van der Waals surface area contributed by atoms with Crippen LogP contribution in [0.25, 0.3) is 0 Å². The molecular formula is C17H31N3O2. The quantitative estimate of drug-likeness (QED) is 0.808. The van der Waals surface area contributed by atoms with Gasteiger partial charge >= 0.3 is 0 Å². The van der Waals surface area contributed by atoms with Gasteiger partial charge in [-0.3, -0.25) is 9.59 Å². The number of amides is 2. The van der Waals surface area contributed by atoms with E-state index in [0.717, 1.165) is 52.0 Å². The largest absolute Gasteiger partial charge is 0.341 e. The second kappa shape index (κ2) is 7.95. The molecule has 5 nitrogen and oxygen atoms in total. The van der Waals surface area contributed by atoms with Crippen molar-refractivity contribution < 1.29 is 9.59 Å². The highest BCUT2D eigenvalue weighted by molar-refractivity contribution is 5.88. The maximum atomic E-state index is 12.9. The highest BCUT2D eigenvalue weighted by atomic mass is 16.2. The first-order valence-corrected chi connectivity index (χ1v) is 8.83. The fraction of sp³-hybridized carbons (Fsp3) is 0.882. The van der Waals surface area contributed by atoms with Crippen LogP contribution in [-0.4, -0.2) is 60.4 Å². The summed E-state index contributed by atoms with van der Waals surface area (Å²) in [7, 11) is 0. The number of nitrogens with zero attached hydrogens (tertiary/aromatic N) is 2. The van der Waals surface area contributed by atoms with Crippen molar-refractivity contribution in [3.8, 4) is 0 Å². The molecule has 0 aromatic rings. The topological polar surface area (TPSA) is 52.7 Å². The summed E-state index contributed by atoms with van der Waals surface area (Å²) < 4.78 is 0. The Bertz CT molecular complexity index is 389. The summed E-state index contributed by atoms with van der Waals surface area (Å²) in [6, 6.07) is -0.264. The van der Waals surface area contributed by atoms with Crippen LogP contribution in [0.4, 0.5) is 0 Å². The van der Waals surface area contributed by atoms with Gasteiger partial charge in [-0.05, 0) is 44.2 Å². The van der Waals surface area contributed by atoms with E-state index < -0.39 is 0 Å². The molecule has 2 heterocycles. The number of piperidine rings is 1. The zero-order valence-corrected chi connectivity index (χ0v) is 14.3. The molecule has 0 saturated carbocycles. The van der Waals surface area contributed by atoms with E-state index in [0.29, 0.717) is 12.3 Å². The minimum atomic E-state index is -0.264. The molecule has 2 saturated heterocycles. The summed E-state index contributed by atoms with van der Waals surface area (Å²) in [5, 5.41) is 3.40. The lowest BCUT2D eigenvalue weighted by Gasteiger charge is -2.38. The van der Waals surface area contributed by atoms with Crippen LogP contribution in [0.5, 0.6) is 0 Å². The summed E-state index contributed by atoms with van der Waals surface area (Å²) in [6.45, 7) is 10.7.